The molecule has 2 aromatic rings. The zero-order chi connectivity index (χ0) is 15.1. The predicted molar refractivity (Wildman–Crippen MR) is 92.8 cm³/mol. The van der Waals surface area contributed by atoms with Crippen LogP contribution < -0.4 is 4.87 Å². The highest BCUT2D eigenvalue weighted by molar-refractivity contribution is 7.10. The summed E-state index contributed by atoms with van der Waals surface area (Å²) in [5.74, 6) is 0. The van der Waals surface area contributed by atoms with Gasteiger partial charge in [-0.05, 0) is 57.1 Å². The van der Waals surface area contributed by atoms with Gasteiger partial charge in [0.25, 0.3) is 0 Å². The third kappa shape index (κ3) is 5.41. The van der Waals surface area contributed by atoms with Crippen LogP contribution in [-0.4, -0.2) is 29.5 Å². The minimum atomic E-state index is 0.0746. The van der Waals surface area contributed by atoms with E-state index < -0.39 is 0 Å². The van der Waals surface area contributed by atoms with Crippen molar-refractivity contribution in [3.8, 4) is 0 Å². The molecular formula is C16H24N2OS2. The van der Waals surface area contributed by atoms with Gasteiger partial charge >= 0.3 is 4.87 Å². The summed E-state index contributed by atoms with van der Waals surface area (Å²) < 4.78 is 0. The molecule has 2 rings (SSSR count). The molecule has 0 radical (unpaired) electrons. The molecule has 0 atom stereocenters. The van der Waals surface area contributed by atoms with Gasteiger partial charge in [-0.3, -0.25) is 4.79 Å². The van der Waals surface area contributed by atoms with E-state index in [1.54, 1.807) is 0 Å². The normalized spacial score (nSPS) is 11.4. The number of H-pyrrole nitrogens is 1. The highest BCUT2D eigenvalue weighted by atomic mass is 32.1. The molecule has 0 bridgehead atoms. The number of nitrogens with one attached hydrogen (secondary N) is 1. The summed E-state index contributed by atoms with van der Waals surface area (Å²) in [7, 11) is 0. The molecule has 0 saturated carbocycles. The zero-order valence-corrected chi connectivity index (χ0v) is 14.5. The zero-order valence-electron chi connectivity index (χ0n) is 12.9. The molecule has 0 spiro atoms. The first-order valence-corrected chi connectivity index (χ1v) is 9.32. The molecule has 0 aliphatic rings. The Bertz CT molecular complexity index is 571. The van der Waals surface area contributed by atoms with Gasteiger partial charge in [-0.1, -0.05) is 24.3 Å². The molecule has 1 N–H and O–H groups in total. The number of rotatable bonds is 9. The first-order valence-electron chi connectivity index (χ1n) is 7.62. The maximum Gasteiger partial charge on any atom is 0.304 e. The second-order valence-electron chi connectivity index (χ2n) is 5.34. The molecule has 0 aromatic carbocycles. The SMILES string of the molecule is CCCN(CCCc1sc(=O)[nH]c1C)CCc1cccs1. The summed E-state index contributed by atoms with van der Waals surface area (Å²) in [6.45, 7) is 7.64. The maximum absolute atomic E-state index is 11.3. The lowest BCUT2D eigenvalue weighted by atomic mass is 10.2. The van der Waals surface area contributed by atoms with Crippen molar-refractivity contribution in [1.29, 1.82) is 0 Å². The Labute approximate surface area is 134 Å². The predicted octanol–water partition coefficient (Wildman–Crippen LogP) is 3.69. The molecule has 0 amide bonds. The van der Waals surface area contributed by atoms with Crippen LogP contribution in [0.5, 0.6) is 0 Å². The molecule has 0 unspecified atom stereocenters. The number of thiazole rings is 1. The molecule has 116 valence electrons. The van der Waals surface area contributed by atoms with E-state index in [0.29, 0.717) is 0 Å². The molecule has 2 heterocycles. The lowest BCUT2D eigenvalue weighted by molar-refractivity contribution is 0.275. The van der Waals surface area contributed by atoms with Crippen LogP contribution in [-0.2, 0) is 12.8 Å². The van der Waals surface area contributed by atoms with E-state index in [4.69, 9.17) is 0 Å². The van der Waals surface area contributed by atoms with Crippen molar-refractivity contribution in [1.82, 2.24) is 9.88 Å². The number of hydrogen-bond acceptors (Lipinski definition) is 4. The van der Waals surface area contributed by atoms with Gasteiger partial charge < -0.3 is 9.88 Å². The van der Waals surface area contributed by atoms with Gasteiger partial charge in [-0.2, -0.15) is 0 Å². The Morgan fingerprint density at radius 2 is 2.10 bits per heavy atom. The largest absolute Gasteiger partial charge is 0.317 e. The standard InChI is InChI=1S/C16H24N2OS2/c1-3-9-18(11-8-14-6-5-12-20-14)10-4-7-15-13(2)17-16(19)21-15/h5-6,12H,3-4,7-11H2,1-2H3,(H,17,19). The van der Waals surface area contributed by atoms with Gasteiger partial charge in [-0.25, -0.2) is 0 Å². The van der Waals surface area contributed by atoms with Crippen molar-refractivity contribution in [2.45, 2.75) is 39.5 Å². The smallest absolute Gasteiger partial charge is 0.304 e. The Kier molecular flexibility index (Phi) is 6.67. The van der Waals surface area contributed by atoms with Gasteiger partial charge in [0.1, 0.15) is 0 Å². The summed E-state index contributed by atoms with van der Waals surface area (Å²) in [6.07, 6.45) is 4.47. The summed E-state index contributed by atoms with van der Waals surface area (Å²) >= 11 is 3.21. The second-order valence-corrected chi connectivity index (χ2v) is 7.44. The second kappa shape index (κ2) is 8.51. The number of thiophene rings is 1. The topological polar surface area (TPSA) is 36.1 Å². The van der Waals surface area contributed by atoms with Gasteiger partial charge in [0.05, 0.1) is 0 Å². The minimum absolute atomic E-state index is 0.0746. The van der Waals surface area contributed by atoms with Crippen LogP contribution in [0.2, 0.25) is 0 Å². The molecule has 0 aliphatic heterocycles. The number of aromatic nitrogens is 1. The molecule has 3 nitrogen and oxygen atoms in total. The number of aryl methyl sites for hydroxylation is 2. The summed E-state index contributed by atoms with van der Waals surface area (Å²) in [6, 6.07) is 4.34. The average Bonchev–Trinajstić information content (AvgIpc) is 3.06. The maximum atomic E-state index is 11.3. The van der Waals surface area contributed by atoms with Crippen LogP contribution in [0.3, 0.4) is 0 Å². The van der Waals surface area contributed by atoms with E-state index in [1.807, 2.05) is 18.3 Å². The third-order valence-electron chi connectivity index (χ3n) is 3.60. The molecule has 0 fully saturated rings. The minimum Gasteiger partial charge on any atom is -0.317 e. The van der Waals surface area contributed by atoms with E-state index in [2.05, 4.69) is 34.3 Å². The van der Waals surface area contributed by atoms with Crippen molar-refractivity contribution < 1.29 is 0 Å². The highest BCUT2D eigenvalue weighted by Gasteiger charge is 2.07. The van der Waals surface area contributed by atoms with Crippen LogP contribution >= 0.6 is 22.7 Å². The average molecular weight is 325 g/mol. The van der Waals surface area contributed by atoms with Crippen molar-refractivity contribution in [3.63, 3.8) is 0 Å². The number of nitrogens with zero attached hydrogens (tertiary/aromatic N) is 1. The van der Waals surface area contributed by atoms with Crippen LogP contribution in [0.15, 0.2) is 22.3 Å². The van der Waals surface area contributed by atoms with Crippen LogP contribution in [0.25, 0.3) is 0 Å². The summed E-state index contributed by atoms with van der Waals surface area (Å²) in [5, 5.41) is 2.15. The lowest BCUT2D eigenvalue weighted by Crippen LogP contribution is -2.28. The fraction of sp³-hybridized carbons (Fsp3) is 0.562. The first-order chi connectivity index (χ1) is 10.2. The molecule has 2 aromatic heterocycles. The van der Waals surface area contributed by atoms with Gasteiger partial charge in [0, 0.05) is 22.0 Å². The van der Waals surface area contributed by atoms with Crippen LogP contribution in [0.4, 0.5) is 0 Å². The highest BCUT2D eigenvalue weighted by Crippen LogP contribution is 2.13. The van der Waals surface area contributed by atoms with Crippen molar-refractivity contribution >= 4 is 22.7 Å². The van der Waals surface area contributed by atoms with Gasteiger partial charge in [0.15, 0.2) is 0 Å². The first kappa shape index (κ1) is 16.5. The molecule has 5 heteroatoms. The van der Waals surface area contributed by atoms with E-state index in [9.17, 15) is 4.79 Å². The number of aromatic amines is 1. The fourth-order valence-electron chi connectivity index (χ4n) is 2.51. The fourth-order valence-corrected chi connectivity index (χ4v) is 4.09. The summed E-state index contributed by atoms with van der Waals surface area (Å²) in [4.78, 5) is 19.5. The van der Waals surface area contributed by atoms with Gasteiger partial charge in [0.2, 0.25) is 0 Å². The van der Waals surface area contributed by atoms with E-state index in [0.717, 1.165) is 44.6 Å². The summed E-state index contributed by atoms with van der Waals surface area (Å²) in [5.41, 5.74) is 1.05. The molecule has 0 aliphatic carbocycles. The van der Waals surface area contributed by atoms with Crippen molar-refractivity contribution in [2.24, 2.45) is 0 Å². The molecular weight excluding hydrogens is 300 g/mol. The Morgan fingerprint density at radius 3 is 2.71 bits per heavy atom. The lowest BCUT2D eigenvalue weighted by Gasteiger charge is -2.21. The van der Waals surface area contributed by atoms with E-state index in [1.165, 1.54) is 27.5 Å². The Balaban J connectivity index is 1.76. The Hall–Kier alpha value is -0.910. The van der Waals surface area contributed by atoms with Gasteiger partial charge in [-0.15, -0.1) is 11.3 Å². The molecule has 21 heavy (non-hydrogen) atoms. The quantitative estimate of drug-likeness (QED) is 0.763. The van der Waals surface area contributed by atoms with Crippen LogP contribution in [0.1, 0.15) is 35.2 Å². The van der Waals surface area contributed by atoms with E-state index >= 15 is 0 Å². The molecule has 0 saturated heterocycles. The van der Waals surface area contributed by atoms with E-state index in [-0.39, 0.29) is 4.87 Å². The van der Waals surface area contributed by atoms with Crippen molar-refractivity contribution in [3.05, 3.63) is 42.6 Å². The Morgan fingerprint density at radius 1 is 1.24 bits per heavy atom. The number of hydrogen-bond donors (Lipinski definition) is 1. The van der Waals surface area contributed by atoms with Crippen molar-refractivity contribution in [2.75, 3.05) is 19.6 Å². The van der Waals surface area contributed by atoms with Crippen LogP contribution in [0, 0.1) is 6.92 Å². The monoisotopic (exact) mass is 324 g/mol. The third-order valence-corrected chi connectivity index (χ3v) is 5.58.